The predicted molar refractivity (Wildman–Crippen MR) is 104 cm³/mol. The summed E-state index contributed by atoms with van der Waals surface area (Å²) >= 11 is 0. The number of benzene rings is 2. The van der Waals surface area contributed by atoms with Crippen molar-refractivity contribution < 1.29 is 4.79 Å². The smallest absolute Gasteiger partial charge is 0.193 e. The summed E-state index contributed by atoms with van der Waals surface area (Å²) in [7, 11) is 0. The van der Waals surface area contributed by atoms with E-state index in [2.05, 4.69) is 24.8 Å². The first-order valence-corrected chi connectivity index (χ1v) is 9.69. The second-order valence-electron chi connectivity index (χ2n) is 7.07. The van der Waals surface area contributed by atoms with Crippen LogP contribution in [0.1, 0.15) is 60.2 Å². The van der Waals surface area contributed by atoms with Gasteiger partial charge < -0.3 is 4.90 Å². The maximum absolute atomic E-state index is 13.0. The van der Waals surface area contributed by atoms with E-state index < -0.39 is 0 Å². The molecule has 2 aromatic carbocycles. The van der Waals surface area contributed by atoms with Gasteiger partial charge >= 0.3 is 0 Å². The molecule has 0 fully saturated rings. The first kappa shape index (κ1) is 17.9. The number of nitrogens with zero attached hydrogens (tertiary/aromatic N) is 1. The van der Waals surface area contributed by atoms with E-state index in [4.69, 9.17) is 0 Å². The molecule has 0 radical (unpaired) electrons. The van der Waals surface area contributed by atoms with E-state index in [1.807, 2.05) is 42.5 Å². The normalized spacial score (nSPS) is 16.7. The van der Waals surface area contributed by atoms with E-state index in [1.165, 1.54) is 30.4 Å². The Morgan fingerprint density at radius 3 is 2.40 bits per heavy atom. The van der Waals surface area contributed by atoms with Crippen LogP contribution in [-0.2, 0) is 12.8 Å². The molecule has 1 atom stereocenters. The average Bonchev–Trinajstić information content (AvgIpc) is 2.67. The third-order valence-electron chi connectivity index (χ3n) is 5.28. The van der Waals surface area contributed by atoms with Gasteiger partial charge in [-0.05, 0) is 56.3 Å². The quantitative estimate of drug-likeness (QED) is 0.671. The van der Waals surface area contributed by atoms with Crippen molar-refractivity contribution in [2.75, 3.05) is 13.1 Å². The lowest BCUT2D eigenvalue weighted by atomic mass is 9.82. The number of rotatable bonds is 7. The Hall–Kier alpha value is -1.93. The van der Waals surface area contributed by atoms with Crippen LogP contribution in [0.15, 0.2) is 48.5 Å². The Balaban J connectivity index is 1.89. The fraction of sp³-hybridized carbons (Fsp3) is 0.435. The van der Waals surface area contributed by atoms with Crippen molar-refractivity contribution >= 4 is 5.78 Å². The molecule has 0 bridgehead atoms. The predicted octanol–water partition coefficient (Wildman–Crippen LogP) is 4.90. The molecule has 0 saturated carbocycles. The van der Waals surface area contributed by atoms with Crippen LogP contribution in [0.2, 0.25) is 0 Å². The first-order chi connectivity index (χ1) is 12.2. The molecule has 0 N–H and O–H groups in total. The summed E-state index contributed by atoms with van der Waals surface area (Å²) in [6.45, 7) is 6.82. The summed E-state index contributed by atoms with van der Waals surface area (Å²) in [6.07, 6.45) is 5.67. The lowest BCUT2D eigenvalue weighted by molar-refractivity contribution is 0.103. The molecular weight excluding hydrogens is 306 g/mol. The number of hydrogen-bond acceptors (Lipinski definition) is 2. The number of fused-ring (bicyclic) bond motifs is 1. The second kappa shape index (κ2) is 8.44. The molecule has 0 amide bonds. The number of ketones is 1. The molecule has 2 aromatic rings. The molecule has 0 unspecified atom stereocenters. The highest BCUT2D eigenvalue weighted by atomic mass is 16.1. The standard InChI is InChI=1S/C23H29NO/c1-3-15-24(16-4-2)20-14-13-18-11-8-12-21(22(18)17-20)23(25)19-9-6-5-7-10-19/h5-12,20H,3-4,13-17H2,1-2H3/t20-/m0/s1. The Morgan fingerprint density at radius 1 is 1.00 bits per heavy atom. The van der Waals surface area contributed by atoms with Crippen LogP contribution in [-0.4, -0.2) is 29.8 Å². The van der Waals surface area contributed by atoms with E-state index in [0.717, 1.165) is 37.1 Å². The lowest BCUT2D eigenvalue weighted by Gasteiger charge is -2.35. The third-order valence-corrected chi connectivity index (χ3v) is 5.28. The van der Waals surface area contributed by atoms with Gasteiger partial charge in [0.2, 0.25) is 0 Å². The van der Waals surface area contributed by atoms with Crippen LogP contribution in [0.3, 0.4) is 0 Å². The van der Waals surface area contributed by atoms with Crippen LogP contribution < -0.4 is 0 Å². The number of aryl methyl sites for hydroxylation is 1. The zero-order valence-corrected chi connectivity index (χ0v) is 15.5. The monoisotopic (exact) mass is 335 g/mol. The molecule has 25 heavy (non-hydrogen) atoms. The van der Waals surface area contributed by atoms with Gasteiger partial charge in [0.15, 0.2) is 5.78 Å². The van der Waals surface area contributed by atoms with Gasteiger partial charge in [-0.1, -0.05) is 62.4 Å². The van der Waals surface area contributed by atoms with Crippen LogP contribution >= 0.6 is 0 Å². The average molecular weight is 335 g/mol. The van der Waals surface area contributed by atoms with Crippen molar-refractivity contribution in [1.82, 2.24) is 4.90 Å². The van der Waals surface area contributed by atoms with Crippen LogP contribution in [0, 0.1) is 0 Å². The van der Waals surface area contributed by atoms with E-state index in [1.54, 1.807) is 0 Å². The molecule has 0 saturated heterocycles. The largest absolute Gasteiger partial charge is 0.300 e. The molecule has 1 aliphatic rings. The third kappa shape index (κ3) is 4.01. The topological polar surface area (TPSA) is 20.3 Å². The van der Waals surface area contributed by atoms with Crippen molar-refractivity contribution in [2.24, 2.45) is 0 Å². The van der Waals surface area contributed by atoms with Crippen molar-refractivity contribution in [3.8, 4) is 0 Å². The highest BCUT2D eigenvalue weighted by molar-refractivity contribution is 6.10. The lowest BCUT2D eigenvalue weighted by Crippen LogP contribution is -2.40. The summed E-state index contributed by atoms with van der Waals surface area (Å²) in [5.74, 6) is 0.163. The summed E-state index contributed by atoms with van der Waals surface area (Å²) in [5.41, 5.74) is 4.34. The van der Waals surface area contributed by atoms with Gasteiger partial charge in [0.05, 0.1) is 0 Å². The van der Waals surface area contributed by atoms with Crippen LogP contribution in [0.5, 0.6) is 0 Å². The van der Waals surface area contributed by atoms with E-state index in [0.29, 0.717) is 6.04 Å². The number of carbonyl (C=O) groups excluding carboxylic acids is 1. The maximum atomic E-state index is 13.0. The van der Waals surface area contributed by atoms with Gasteiger partial charge in [0.1, 0.15) is 0 Å². The number of carbonyl (C=O) groups is 1. The molecule has 0 aliphatic heterocycles. The van der Waals surface area contributed by atoms with E-state index >= 15 is 0 Å². The van der Waals surface area contributed by atoms with Crippen molar-refractivity contribution in [3.63, 3.8) is 0 Å². The minimum atomic E-state index is 0.163. The van der Waals surface area contributed by atoms with E-state index in [-0.39, 0.29) is 5.78 Å². The minimum absolute atomic E-state index is 0.163. The Kier molecular flexibility index (Phi) is 6.04. The van der Waals surface area contributed by atoms with Gasteiger partial charge in [-0.25, -0.2) is 0 Å². The van der Waals surface area contributed by atoms with Gasteiger partial charge in [-0.2, -0.15) is 0 Å². The zero-order valence-electron chi connectivity index (χ0n) is 15.5. The summed E-state index contributed by atoms with van der Waals surface area (Å²) in [4.78, 5) is 15.7. The first-order valence-electron chi connectivity index (χ1n) is 9.69. The van der Waals surface area contributed by atoms with Crippen molar-refractivity contribution in [1.29, 1.82) is 0 Å². The molecule has 0 spiro atoms. The molecule has 1 aliphatic carbocycles. The van der Waals surface area contributed by atoms with Gasteiger partial charge in [0.25, 0.3) is 0 Å². The molecule has 0 aromatic heterocycles. The van der Waals surface area contributed by atoms with Gasteiger partial charge in [-0.3, -0.25) is 4.79 Å². The van der Waals surface area contributed by atoms with Crippen LogP contribution in [0.25, 0.3) is 0 Å². The molecule has 2 nitrogen and oxygen atoms in total. The number of hydrogen-bond donors (Lipinski definition) is 0. The Labute approximate surface area is 151 Å². The second-order valence-corrected chi connectivity index (χ2v) is 7.07. The molecular formula is C23H29NO. The molecule has 0 heterocycles. The Bertz CT molecular complexity index is 701. The highest BCUT2D eigenvalue weighted by Gasteiger charge is 2.26. The summed E-state index contributed by atoms with van der Waals surface area (Å²) < 4.78 is 0. The zero-order chi connectivity index (χ0) is 17.6. The van der Waals surface area contributed by atoms with E-state index in [9.17, 15) is 4.79 Å². The fourth-order valence-corrected chi connectivity index (χ4v) is 4.09. The minimum Gasteiger partial charge on any atom is -0.300 e. The fourth-order valence-electron chi connectivity index (χ4n) is 4.09. The highest BCUT2D eigenvalue weighted by Crippen LogP contribution is 2.29. The molecule has 132 valence electrons. The SMILES string of the molecule is CCCN(CCC)[C@H]1CCc2cccc(C(=O)c3ccccc3)c2C1. The molecule has 3 rings (SSSR count). The van der Waals surface area contributed by atoms with Crippen LogP contribution in [0.4, 0.5) is 0 Å². The van der Waals surface area contributed by atoms with Gasteiger partial charge in [0, 0.05) is 17.2 Å². The van der Waals surface area contributed by atoms with Gasteiger partial charge in [-0.15, -0.1) is 0 Å². The maximum Gasteiger partial charge on any atom is 0.193 e. The summed E-state index contributed by atoms with van der Waals surface area (Å²) in [5, 5.41) is 0. The van der Waals surface area contributed by atoms with Crippen molar-refractivity contribution in [3.05, 3.63) is 70.8 Å². The van der Waals surface area contributed by atoms with Crippen molar-refractivity contribution in [2.45, 2.75) is 52.0 Å². The molecule has 2 heteroatoms. The Morgan fingerprint density at radius 2 is 1.72 bits per heavy atom. The summed E-state index contributed by atoms with van der Waals surface area (Å²) in [6, 6.07) is 16.5.